The summed E-state index contributed by atoms with van der Waals surface area (Å²) in [4.78, 5) is 21.3. The van der Waals surface area contributed by atoms with Crippen LogP contribution < -0.4 is 10.1 Å². The van der Waals surface area contributed by atoms with Gasteiger partial charge in [-0.1, -0.05) is 12.1 Å². The third-order valence-corrected chi connectivity index (χ3v) is 5.76. The van der Waals surface area contributed by atoms with E-state index >= 15 is 0 Å². The fourth-order valence-corrected chi connectivity index (χ4v) is 4.22. The van der Waals surface area contributed by atoms with E-state index in [4.69, 9.17) is 19.6 Å². The molecule has 2 aliphatic rings. The topological polar surface area (TPSA) is 124 Å². The third kappa shape index (κ3) is 4.61. The number of rotatable bonds is 3. The number of ether oxygens (including phenoxy) is 1. The molecular weight excluding hydrogens is 439 g/mol. The third-order valence-electron chi connectivity index (χ3n) is 5.76. The summed E-state index contributed by atoms with van der Waals surface area (Å²) in [5.41, 5.74) is 3.97. The number of carboxylic acids is 1. The predicted octanol–water partition coefficient (Wildman–Crippen LogP) is 3.71. The number of benzene rings is 1. The molecule has 0 radical (unpaired) electrons. The van der Waals surface area contributed by atoms with Crippen LogP contribution in [0.1, 0.15) is 30.5 Å². The number of aromatic nitrogens is 3. The van der Waals surface area contributed by atoms with Crippen molar-refractivity contribution in [2.45, 2.75) is 50.6 Å². The number of hydrogen-bond donors (Lipinski definition) is 3. The molecule has 172 valence electrons. The van der Waals surface area contributed by atoms with Crippen molar-refractivity contribution in [3.05, 3.63) is 41.9 Å². The van der Waals surface area contributed by atoms with Gasteiger partial charge in [0.05, 0.1) is 23.0 Å². The maximum Gasteiger partial charge on any atom is 0.490 e. The Morgan fingerprint density at radius 1 is 1.33 bits per heavy atom. The van der Waals surface area contributed by atoms with Crippen LogP contribution in [0.3, 0.4) is 0 Å². The number of carbonyl (C=O) groups is 1. The molecule has 0 unspecified atom stereocenters. The highest BCUT2D eigenvalue weighted by Gasteiger charge is 2.41. The van der Waals surface area contributed by atoms with Crippen LogP contribution in [0.4, 0.5) is 13.2 Å². The van der Waals surface area contributed by atoms with Crippen molar-refractivity contribution in [2.24, 2.45) is 0 Å². The largest absolute Gasteiger partial charge is 0.490 e. The number of para-hydroxylation sites is 1. The van der Waals surface area contributed by atoms with Crippen LogP contribution in [0.15, 0.2) is 30.6 Å². The minimum Gasteiger partial charge on any atom is -0.475 e. The zero-order chi connectivity index (χ0) is 23.8. The summed E-state index contributed by atoms with van der Waals surface area (Å²) in [6, 6.07) is 8.94. The van der Waals surface area contributed by atoms with Crippen LogP contribution in [-0.4, -0.2) is 50.4 Å². The summed E-state index contributed by atoms with van der Waals surface area (Å²) >= 11 is 0. The molecule has 0 spiro atoms. The van der Waals surface area contributed by atoms with Gasteiger partial charge < -0.3 is 20.1 Å². The molecule has 8 nitrogen and oxygen atoms in total. The first-order valence-electron chi connectivity index (χ1n) is 10.2. The molecule has 0 saturated carbocycles. The van der Waals surface area contributed by atoms with Gasteiger partial charge >= 0.3 is 12.1 Å². The Morgan fingerprint density at radius 3 is 2.67 bits per heavy atom. The molecule has 2 fully saturated rings. The number of aryl methyl sites for hydroxylation is 1. The van der Waals surface area contributed by atoms with Gasteiger partial charge in [-0.15, -0.1) is 0 Å². The highest BCUT2D eigenvalue weighted by atomic mass is 19.4. The van der Waals surface area contributed by atoms with Gasteiger partial charge in [-0.3, -0.25) is 0 Å². The maximum absolute atomic E-state index is 10.6. The summed E-state index contributed by atoms with van der Waals surface area (Å²) in [5, 5.41) is 20.9. The SMILES string of the molecule is Cc1nc(-c2c[nH]c3c(C#N)cccc23)cnc1O[C@H]1C[C@@H]2CC[C@H]1N2.O=C(O)C(F)(F)F. The fourth-order valence-electron chi connectivity index (χ4n) is 4.22. The smallest absolute Gasteiger partial charge is 0.475 e. The summed E-state index contributed by atoms with van der Waals surface area (Å²) in [6.07, 6.45) is 2.22. The molecule has 1 aromatic carbocycles. The number of aromatic amines is 1. The van der Waals surface area contributed by atoms with Gasteiger partial charge in [0.2, 0.25) is 5.88 Å². The molecule has 2 bridgehead atoms. The molecule has 3 aromatic rings. The molecule has 11 heteroatoms. The van der Waals surface area contributed by atoms with Crippen molar-refractivity contribution in [1.29, 1.82) is 5.26 Å². The van der Waals surface area contributed by atoms with E-state index in [1.165, 1.54) is 12.8 Å². The molecule has 2 saturated heterocycles. The lowest BCUT2D eigenvalue weighted by Crippen LogP contribution is -2.32. The van der Waals surface area contributed by atoms with Crippen molar-refractivity contribution in [3.63, 3.8) is 0 Å². The molecule has 2 aliphatic heterocycles. The normalized spacial score (nSPS) is 21.4. The Balaban J connectivity index is 0.000000325. The molecule has 2 aromatic heterocycles. The van der Waals surface area contributed by atoms with Gasteiger partial charge in [-0.25, -0.2) is 14.8 Å². The fraction of sp³-hybridized carbons (Fsp3) is 0.364. The van der Waals surface area contributed by atoms with Crippen molar-refractivity contribution in [3.8, 4) is 23.2 Å². The van der Waals surface area contributed by atoms with E-state index in [2.05, 4.69) is 21.4 Å². The van der Waals surface area contributed by atoms with Gasteiger partial charge in [0.15, 0.2) is 0 Å². The van der Waals surface area contributed by atoms with Crippen molar-refractivity contribution in [1.82, 2.24) is 20.3 Å². The van der Waals surface area contributed by atoms with Crippen LogP contribution in [-0.2, 0) is 4.79 Å². The number of fused-ring (bicyclic) bond motifs is 3. The number of H-pyrrole nitrogens is 1. The van der Waals surface area contributed by atoms with Gasteiger partial charge in [-0.05, 0) is 25.8 Å². The van der Waals surface area contributed by atoms with E-state index in [9.17, 15) is 18.4 Å². The van der Waals surface area contributed by atoms with Crippen LogP contribution >= 0.6 is 0 Å². The van der Waals surface area contributed by atoms with Crippen LogP contribution in [0.5, 0.6) is 5.88 Å². The molecule has 33 heavy (non-hydrogen) atoms. The standard InChI is InChI=1S/C20H19N5O.C2HF3O2/c1-11-20(26-18-7-13-5-6-16(18)25-13)23-10-17(24-11)15-9-22-19-12(8-21)3-2-4-14(15)19;3-2(4,5)1(6)7/h2-4,9-10,13,16,18,22,25H,5-7H2,1H3;(H,6,7)/t13-,16+,18-;/m0./s1. The second-order valence-electron chi connectivity index (χ2n) is 7.93. The summed E-state index contributed by atoms with van der Waals surface area (Å²) < 4.78 is 37.9. The molecule has 3 atom stereocenters. The Bertz CT molecular complexity index is 1230. The minimum atomic E-state index is -5.08. The molecule has 0 amide bonds. The van der Waals surface area contributed by atoms with E-state index in [0.29, 0.717) is 23.5 Å². The first-order chi connectivity index (χ1) is 15.7. The van der Waals surface area contributed by atoms with Crippen molar-refractivity contribution in [2.75, 3.05) is 0 Å². The monoisotopic (exact) mass is 459 g/mol. The van der Waals surface area contributed by atoms with Crippen molar-refractivity contribution < 1.29 is 27.8 Å². The minimum absolute atomic E-state index is 0.193. The average Bonchev–Trinajstić information content (AvgIpc) is 3.50. The molecule has 3 N–H and O–H groups in total. The zero-order valence-electron chi connectivity index (χ0n) is 17.5. The number of carboxylic acid groups (broad SMARTS) is 1. The average molecular weight is 459 g/mol. The predicted molar refractivity (Wildman–Crippen MR) is 111 cm³/mol. The quantitative estimate of drug-likeness (QED) is 0.545. The maximum atomic E-state index is 10.6. The highest BCUT2D eigenvalue weighted by Crippen LogP contribution is 2.33. The Morgan fingerprint density at radius 2 is 2.09 bits per heavy atom. The number of nitrogens with one attached hydrogen (secondary N) is 2. The number of nitrogens with zero attached hydrogens (tertiary/aromatic N) is 3. The number of hydrogen-bond acceptors (Lipinski definition) is 6. The van der Waals surface area contributed by atoms with E-state index in [0.717, 1.165) is 34.3 Å². The van der Waals surface area contributed by atoms with E-state index in [-0.39, 0.29) is 6.10 Å². The second kappa shape index (κ2) is 8.71. The zero-order valence-corrected chi connectivity index (χ0v) is 17.5. The van der Waals surface area contributed by atoms with Crippen LogP contribution in [0.25, 0.3) is 22.2 Å². The number of nitriles is 1. The first-order valence-corrected chi connectivity index (χ1v) is 10.2. The lowest BCUT2D eigenvalue weighted by Gasteiger charge is -2.21. The van der Waals surface area contributed by atoms with E-state index < -0.39 is 12.1 Å². The summed E-state index contributed by atoms with van der Waals surface area (Å²) in [5.74, 6) is -2.14. The molecule has 0 aliphatic carbocycles. The summed E-state index contributed by atoms with van der Waals surface area (Å²) in [6.45, 7) is 1.93. The Labute approximate surface area is 186 Å². The van der Waals surface area contributed by atoms with Gasteiger partial charge in [-0.2, -0.15) is 18.4 Å². The van der Waals surface area contributed by atoms with Gasteiger partial charge in [0.25, 0.3) is 0 Å². The number of halogens is 3. The van der Waals surface area contributed by atoms with Gasteiger partial charge in [0, 0.05) is 35.7 Å². The Hall–Kier alpha value is -3.65. The molecular formula is C22H20F3N5O3. The lowest BCUT2D eigenvalue weighted by atomic mass is 9.98. The van der Waals surface area contributed by atoms with Crippen molar-refractivity contribution >= 4 is 16.9 Å². The molecule has 5 rings (SSSR count). The number of aliphatic carboxylic acids is 1. The van der Waals surface area contributed by atoms with Gasteiger partial charge in [0.1, 0.15) is 17.9 Å². The second-order valence-corrected chi connectivity index (χ2v) is 7.93. The van der Waals surface area contributed by atoms with E-state index in [1.807, 2.05) is 25.3 Å². The molecule has 4 heterocycles. The first kappa shape index (κ1) is 22.5. The highest BCUT2D eigenvalue weighted by molar-refractivity contribution is 5.97. The summed E-state index contributed by atoms with van der Waals surface area (Å²) in [7, 11) is 0. The van der Waals surface area contributed by atoms with E-state index in [1.54, 1.807) is 12.3 Å². The number of alkyl halides is 3. The Kier molecular flexibility index (Phi) is 5.95. The lowest BCUT2D eigenvalue weighted by molar-refractivity contribution is -0.192. The van der Waals surface area contributed by atoms with Crippen LogP contribution in [0.2, 0.25) is 0 Å². The van der Waals surface area contributed by atoms with Crippen LogP contribution in [0, 0.1) is 18.3 Å².